The van der Waals surface area contributed by atoms with E-state index in [2.05, 4.69) is 21.2 Å². The fraction of sp³-hybridized carbons (Fsp3) is 0.0952. The van der Waals surface area contributed by atoms with Gasteiger partial charge in [-0.2, -0.15) is 0 Å². The van der Waals surface area contributed by atoms with Crippen LogP contribution in [0, 0.1) is 0 Å². The van der Waals surface area contributed by atoms with Crippen LogP contribution in [0.25, 0.3) is 0 Å². The fourth-order valence-electron chi connectivity index (χ4n) is 3.20. The van der Waals surface area contributed by atoms with Gasteiger partial charge in [0.15, 0.2) is 0 Å². The van der Waals surface area contributed by atoms with E-state index >= 15 is 0 Å². The first-order chi connectivity index (χ1) is 12.6. The molecule has 26 heavy (non-hydrogen) atoms. The van der Waals surface area contributed by atoms with Gasteiger partial charge >= 0.3 is 0 Å². The van der Waals surface area contributed by atoms with Crippen LogP contribution in [0.2, 0.25) is 5.02 Å². The third-order valence-electron chi connectivity index (χ3n) is 4.50. The van der Waals surface area contributed by atoms with Crippen LogP contribution in [0.1, 0.15) is 27.7 Å². The van der Waals surface area contributed by atoms with Gasteiger partial charge in [-0.1, -0.05) is 63.9 Å². The minimum absolute atomic E-state index is 0.00938. The Balaban J connectivity index is 1.70. The molecule has 0 spiro atoms. The molecule has 0 radical (unpaired) electrons. The quantitative estimate of drug-likeness (QED) is 0.565. The van der Waals surface area contributed by atoms with E-state index in [0.717, 1.165) is 26.9 Å². The molecule has 0 saturated carbocycles. The summed E-state index contributed by atoms with van der Waals surface area (Å²) in [6.45, 7) is 0.446. The molecule has 3 nitrogen and oxygen atoms in total. The zero-order chi connectivity index (χ0) is 18.1. The van der Waals surface area contributed by atoms with Crippen LogP contribution in [0.5, 0.6) is 0 Å². The van der Waals surface area contributed by atoms with E-state index in [1.165, 1.54) is 0 Å². The Hall–Kier alpha value is -2.30. The van der Waals surface area contributed by atoms with E-state index in [1.807, 2.05) is 77.7 Å². The minimum Gasteiger partial charge on any atom is -0.361 e. The lowest BCUT2D eigenvalue weighted by molar-refractivity contribution is 0.0729. The first-order valence-corrected chi connectivity index (χ1v) is 9.46. The predicted molar refractivity (Wildman–Crippen MR) is 108 cm³/mol. The third kappa shape index (κ3) is 3.22. The van der Waals surface area contributed by atoms with Crippen molar-refractivity contribution in [2.45, 2.75) is 12.7 Å². The molecular formula is C21H16BrClN2O. The number of rotatable bonds is 4. The summed E-state index contributed by atoms with van der Waals surface area (Å²) in [5.41, 5.74) is 3.59. The van der Waals surface area contributed by atoms with Gasteiger partial charge in [0.05, 0.1) is 0 Å². The summed E-state index contributed by atoms with van der Waals surface area (Å²) < 4.78 is 1.01. The molecule has 5 heteroatoms. The summed E-state index contributed by atoms with van der Waals surface area (Å²) >= 11 is 9.77. The molecule has 0 saturated heterocycles. The smallest absolute Gasteiger partial charge is 0.256 e. The number of carbonyl (C=O) groups is 1. The summed E-state index contributed by atoms with van der Waals surface area (Å²) in [4.78, 5) is 14.8. The highest BCUT2D eigenvalue weighted by Crippen LogP contribution is 2.36. The van der Waals surface area contributed by atoms with E-state index in [0.29, 0.717) is 11.6 Å². The number of nitrogens with one attached hydrogen (secondary N) is 1. The standard InChI is InChI=1S/C21H16BrClN2O/c22-15-9-11-16(12-10-15)24-20-17-6-2-3-7-18(17)21(26)25(20)13-14-5-1-4-8-19(14)23/h1-12,20,24H,13H2/t20-/m0/s1. The molecule has 1 N–H and O–H groups in total. The normalized spacial score (nSPS) is 15.8. The second-order valence-electron chi connectivity index (χ2n) is 6.17. The van der Waals surface area contributed by atoms with Crippen molar-refractivity contribution in [3.05, 3.63) is 99.0 Å². The number of carbonyl (C=O) groups excluding carboxylic acids is 1. The number of amides is 1. The van der Waals surface area contributed by atoms with Crippen molar-refractivity contribution in [3.63, 3.8) is 0 Å². The highest BCUT2D eigenvalue weighted by molar-refractivity contribution is 9.10. The molecule has 0 aliphatic carbocycles. The number of fused-ring (bicyclic) bond motifs is 1. The fourth-order valence-corrected chi connectivity index (χ4v) is 3.66. The topological polar surface area (TPSA) is 32.3 Å². The van der Waals surface area contributed by atoms with Gasteiger partial charge in [-0.3, -0.25) is 4.79 Å². The molecular weight excluding hydrogens is 412 g/mol. The first-order valence-electron chi connectivity index (χ1n) is 8.29. The Labute approximate surface area is 165 Å². The molecule has 0 bridgehead atoms. The van der Waals surface area contributed by atoms with Gasteiger partial charge in [0.1, 0.15) is 6.17 Å². The summed E-state index contributed by atoms with van der Waals surface area (Å²) in [5.74, 6) is 0.00938. The lowest BCUT2D eigenvalue weighted by atomic mass is 10.1. The Kier molecular flexibility index (Phi) is 4.70. The zero-order valence-electron chi connectivity index (χ0n) is 13.8. The minimum atomic E-state index is -0.240. The Morgan fingerprint density at radius 3 is 2.42 bits per heavy atom. The van der Waals surface area contributed by atoms with Crippen LogP contribution in [0.3, 0.4) is 0 Å². The molecule has 0 unspecified atom stereocenters. The van der Waals surface area contributed by atoms with Crippen LogP contribution < -0.4 is 5.32 Å². The maximum atomic E-state index is 13.0. The second kappa shape index (κ2) is 7.14. The van der Waals surface area contributed by atoms with Crippen LogP contribution >= 0.6 is 27.5 Å². The second-order valence-corrected chi connectivity index (χ2v) is 7.49. The van der Waals surface area contributed by atoms with Gasteiger partial charge in [-0.05, 0) is 42.0 Å². The Morgan fingerprint density at radius 2 is 1.65 bits per heavy atom. The van der Waals surface area contributed by atoms with Gasteiger partial charge < -0.3 is 10.2 Å². The zero-order valence-corrected chi connectivity index (χ0v) is 16.2. The molecule has 1 atom stereocenters. The Morgan fingerprint density at radius 1 is 0.962 bits per heavy atom. The molecule has 0 aromatic heterocycles. The van der Waals surface area contributed by atoms with Crippen molar-refractivity contribution < 1.29 is 4.79 Å². The molecule has 1 aliphatic heterocycles. The number of nitrogens with zero attached hydrogens (tertiary/aromatic N) is 1. The number of hydrogen-bond donors (Lipinski definition) is 1. The van der Waals surface area contributed by atoms with Gasteiger partial charge in [-0.25, -0.2) is 0 Å². The van der Waals surface area contributed by atoms with Crippen LogP contribution in [-0.4, -0.2) is 10.8 Å². The first kappa shape index (κ1) is 17.1. The van der Waals surface area contributed by atoms with Gasteiger partial charge in [0, 0.05) is 32.9 Å². The summed E-state index contributed by atoms with van der Waals surface area (Å²) in [5, 5.41) is 4.15. The van der Waals surface area contributed by atoms with Crippen molar-refractivity contribution in [1.82, 2.24) is 4.90 Å². The molecule has 1 heterocycles. The molecule has 3 aromatic rings. The molecule has 0 fully saturated rings. The number of benzene rings is 3. The maximum absolute atomic E-state index is 13.0. The number of anilines is 1. The van der Waals surface area contributed by atoms with Crippen molar-refractivity contribution in [2.75, 3.05) is 5.32 Å². The van der Waals surface area contributed by atoms with Crippen molar-refractivity contribution in [2.24, 2.45) is 0 Å². The van der Waals surface area contributed by atoms with Crippen molar-refractivity contribution >= 4 is 39.1 Å². The third-order valence-corrected chi connectivity index (χ3v) is 5.40. The molecule has 1 aliphatic rings. The van der Waals surface area contributed by atoms with E-state index in [1.54, 1.807) is 0 Å². The average Bonchev–Trinajstić information content (AvgIpc) is 2.91. The summed E-state index contributed by atoms with van der Waals surface area (Å²) in [6.07, 6.45) is -0.240. The number of hydrogen-bond acceptors (Lipinski definition) is 2. The SMILES string of the molecule is O=C1c2ccccc2[C@@H](Nc2ccc(Br)cc2)N1Cc1ccccc1Cl. The van der Waals surface area contributed by atoms with Gasteiger partial charge in [-0.15, -0.1) is 0 Å². The van der Waals surface area contributed by atoms with Crippen molar-refractivity contribution in [3.8, 4) is 0 Å². The van der Waals surface area contributed by atoms with Gasteiger partial charge in [0.2, 0.25) is 0 Å². The average molecular weight is 428 g/mol. The maximum Gasteiger partial charge on any atom is 0.256 e. The van der Waals surface area contributed by atoms with E-state index in [4.69, 9.17) is 11.6 Å². The highest BCUT2D eigenvalue weighted by atomic mass is 79.9. The lowest BCUT2D eigenvalue weighted by Crippen LogP contribution is -2.32. The molecule has 4 rings (SSSR count). The van der Waals surface area contributed by atoms with E-state index in [9.17, 15) is 4.79 Å². The molecule has 130 valence electrons. The van der Waals surface area contributed by atoms with Crippen LogP contribution in [-0.2, 0) is 6.54 Å². The monoisotopic (exact) mass is 426 g/mol. The van der Waals surface area contributed by atoms with Crippen LogP contribution in [0.4, 0.5) is 5.69 Å². The lowest BCUT2D eigenvalue weighted by Gasteiger charge is -2.27. The van der Waals surface area contributed by atoms with Gasteiger partial charge in [0.25, 0.3) is 5.91 Å². The molecule has 1 amide bonds. The van der Waals surface area contributed by atoms with E-state index < -0.39 is 0 Å². The summed E-state index contributed by atoms with van der Waals surface area (Å²) in [7, 11) is 0. The van der Waals surface area contributed by atoms with Crippen molar-refractivity contribution in [1.29, 1.82) is 0 Å². The summed E-state index contributed by atoms with van der Waals surface area (Å²) in [6, 6.07) is 23.3. The highest BCUT2D eigenvalue weighted by Gasteiger charge is 2.36. The Bertz CT molecular complexity index is 958. The predicted octanol–water partition coefficient (Wildman–Crippen LogP) is 5.87. The largest absolute Gasteiger partial charge is 0.361 e. The molecule has 3 aromatic carbocycles. The van der Waals surface area contributed by atoms with E-state index in [-0.39, 0.29) is 12.1 Å². The van der Waals surface area contributed by atoms with Crippen LogP contribution in [0.15, 0.2) is 77.3 Å². The number of halogens is 2.